The lowest BCUT2D eigenvalue weighted by atomic mass is 10.1. The Hall–Kier alpha value is -3.61. The second kappa shape index (κ2) is 7.74. The fourth-order valence-corrected chi connectivity index (χ4v) is 2.53. The highest BCUT2D eigenvalue weighted by Gasteiger charge is 2.11. The number of amides is 2. The molecule has 27 heavy (non-hydrogen) atoms. The zero-order valence-electron chi connectivity index (χ0n) is 14.3. The maximum absolute atomic E-state index is 13.2. The Labute approximate surface area is 154 Å². The van der Waals surface area contributed by atoms with Gasteiger partial charge in [-0.1, -0.05) is 12.1 Å². The first-order valence-electron chi connectivity index (χ1n) is 8.03. The van der Waals surface area contributed by atoms with E-state index in [0.717, 1.165) is 18.2 Å². The topological polar surface area (TPSA) is 71.1 Å². The summed E-state index contributed by atoms with van der Waals surface area (Å²) in [4.78, 5) is 27.8. The normalized spacial score (nSPS) is 10.3. The molecule has 1 heterocycles. The first-order valence-corrected chi connectivity index (χ1v) is 8.03. The van der Waals surface area contributed by atoms with Crippen LogP contribution in [0, 0.1) is 11.6 Å². The predicted molar refractivity (Wildman–Crippen MR) is 98.3 cm³/mol. The molecular weight excluding hydrogens is 352 g/mol. The molecule has 0 unspecified atom stereocenters. The van der Waals surface area contributed by atoms with Gasteiger partial charge in [-0.25, -0.2) is 8.78 Å². The number of rotatable bonds is 4. The Balaban J connectivity index is 1.81. The molecule has 0 aliphatic rings. The van der Waals surface area contributed by atoms with Gasteiger partial charge < -0.3 is 10.6 Å². The lowest BCUT2D eigenvalue weighted by Gasteiger charge is -2.10. The molecule has 7 heteroatoms. The predicted octanol–water partition coefficient (Wildman–Crippen LogP) is 4.24. The van der Waals surface area contributed by atoms with Gasteiger partial charge in [-0.15, -0.1) is 0 Å². The number of carbonyl (C=O) groups is 2. The Morgan fingerprint density at radius 1 is 0.926 bits per heavy atom. The number of carbonyl (C=O) groups excluding carboxylic acids is 2. The van der Waals surface area contributed by atoms with Crippen LogP contribution in [0.4, 0.5) is 20.2 Å². The number of halogens is 2. The molecule has 3 rings (SSSR count). The van der Waals surface area contributed by atoms with Crippen molar-refractivity contribution in [3.05, 3.63) is 78.0 Å². The first-order chi connectivity index (χ1) is 12.9. The van der Waals surface area contributed by atoms with E-state index >= 15 is 0 Å². The van der Waals surface area contributed by atoms with E-state index in [1.54, 1.807) is 42.6 Å². The second-order valence-corrected chi connectivity index (χ2v) is 5.77. The van der Waals surface area contributed by atoms with E-state index in [2.05, 4.69) is 15.6 Å². The minimum absolute atomic E-state index is 0.0271. The zero-order chi connectivity index (χ0) is 19.4. The molecule has 1 aromatic heterocycles. The van der Waals surface area contributed by atoms with Crippen LogP contribution in [0.25, 0.3) is 11.3 Å². The number of benzene rings is 2. The molecule has 0 bridgehead atoms. The second-order valence-electron chi connectivity index (χ2n) is 5.77. The average Bonchev–Trinajstić information content (AvgIpc) is 2.61. The molecular formula is C20H15F2N3O2. The fourth-order valence-electron chi connectivity index (χ4n) is 2.53. The largest absolute Gasteiger partial charge is 0.324 e. The van der Waals surface area contributed by atoms with Crippen molar-refractivity contribution in [2.45, 2.75) is 6.92 Å². The van der Waals surface area contributed by atoms with Gasteiger partial charge >= 0.3 is 0 Å². The van der Waals surface area contributed by atoms with Crippen LogP contribution >= 0.6 is 0 Å². The molecule has 0 radical (unpaired) electrons. The summed E-state index contributed by atoms with van der Waals surface area (Å²) in [5.41, 5.74) is 2.15. The molecule has 2 N–H and O–H groups in total. The summed E-state index contributed by atoms with van der Waals surface area (Å²) in [6.07, 6.45) is 1.60. The highest BCUT2D eigenvalue weighted by molar-refractivity contribution is 6.04. The number of aromatic nitrogens is 1. The summed E-state index contributed by atoms with van der Waals surface area (Å²) < 4.78 is 26.4. The maximum atomic E-state index is 13.2. The number of nitrogens with one attached hydrogen (secondary N) is 2. The van der Waals surface area contributed by atoms with Crippen molar-refractivity contribution < 1.29 is 18.4 Å². The molecule has 0 fully saturated rings. The Morgan fingerprint density at radius 3 is 2.22 bits per heavy atom. The van der Waals surface area contributed by atoms with E-state index in [-0.39, 0.29) is 11.6 Å². The van der Waals surface area contributed by atoms with Gasteiger partial charge in [0.1, 0.15) is 11.6 Å². The van der Waals surface area contributed by atoms with Crippen molar-refractivity contribution in [3.8, 4) is 11.3 Å². The van der Waals surface area contributed by atoms with Gasteiger partial charge in [-0.05, 0) is 36.4 Å². The lowest BCUT2D eigenvalue weighted by molar-refractivity contribution is -0.114. The van der Waals surface area contributed by atoms with Crippen molar-refractivity contribution in [1.29, 1.82) is 0 Å². The minimum atomic E-state index is -0.777. The summed E-state index contributed by atoms with van der Waals surface area (Å²) in [7, 11) is 0. The molecule has 2 aromatic carbocycles. The van der Waals surface area contributed by atoms with Crippen LogP contribution in [0.2, 0.25) is 0 Å². The molecule has 0 aliphatic carbocycles. The number of pyridine rings is 1. The summed E-state index contributed by atoms with van der Waals surface area (Å²) in [6, 6.07) is 12.7. The van der Waals surface area contributed by atoms with Crippen LogP contribution in [0.3, 0.4) is 0 Å². The molecule has 0 spiro atoms. The summed E-state index contributed by atoms with van der Waals surface area (Å²) in [6.45, 7) is 1.40. The zero-order valence-corrected chi connectivity index (χ0v) is 14.3. The number of hydrogen-bond donors (Lipinski definition) is 2. The molecule has 0 saturated heterocycles. The van der Waals surface area contributed by atoms with Crippen LogP contribution < -0.4 is 10.6 Å². The molecule has 2 amide bonds. The smallest absolute Gasteiger partial charge is 0.255 e. The van der Waals surface area contributed by atoms with Crippen LogP contribution in [-0.2, 0) is 4.79 Å². The molecule has 3 aromatic rings. The Morgan fingerprint density at radius 2 is 1.59 bits per heavy atom. The van der Waals surface area contributed by atoms with Crippen molar-refractivity contribution in [1.82, 2.24) is 4.98 Å². The number of hydrogen-bond acceptors (Lipinski definition) is 3. The van der Waals surface area contributed by atoms with Crippen LogP contribution in [0.15, 0.2) is 60.8 Å². The fraction of sp³-hybridized carbons (Fsp3) is 0.0500. The lowest BCUT2D eigenvalue weighted by Crippen LogP contribution is -2.12. The van der Waals surface area contributed by atoms with Gasteiger partial charge in [-0.2, -0.15) is 0 Å². The molecule has 136 valence electrons. The van der Waals surface area contributed by atoms with Crippen molar-refractivity contribution >= 4 is 23.2 Å². The van der Waals surface area contributed by atoms with Crippen LogP contribution in [0.1, 0.15) is 17.3 Å². The van der Waals surface area contributed by atoms with Gasteiger partial charge in [0, 0.05) is 36.0 Å². The van der Waals surface area contributed by atoms with Gasteiger partial charge in [0.25, 0.3) is 5.91 Å². The van der Waals surface area contributed by atoms with Crippen LogP contribution in [0.5, 0.6) is 0 Å². The quantitative estimate of drug-likeness (QED) is 0.725. The standard InChI is InChI=1S/C20H15F2N3O2/c1-12(26)24-18-3-2-8-23-19(18)13-4-6-14(7-5-13)20(27)25-17-10-15(21)9-16(22)11-17/h2-11H,1H3,(H,24,26)(H,25,27). The number of anilines is 2. The van der Waals surface area contributed by atoms with Crippen molar-refractivity contribution in [2.75, 3.05) is 10.6 Å². The molecule has 0 saturated carbocycles. The third-order valence-corrected chi connectivity index (χ3v) is 3.66. The highest BCUT2D eigenvalue weighted by Crippen LogP contribution is 2.26. The Kier molecular flexibility index (Phi) is 5.21. The van der Waals surface area contributed by atoms with E-state index in [1.807, 2.05) is 0 Å². The summed E-state index contributed by atoms with van der Waals surface area (Å²) in [5, 5.41) is 5.15. The SMILES string of the molecule is CC(=O)Nc1cccnc1-c1ccc(C(=O)Nc2cc(F)cc(F)c2)cc1. The van der Waals surface area contributed by atoms with E-state index in [9.17, 15) is 18.4 Å². The van der Waals surface area contributed by atoms with Gasteiger partial charge in [0.05, 0.1) is 11.4 Å². The average molecular weight is 367 g/mol. The van der Waals surface area contributed by atoms with Crippen molar-refractivity contribution in [3.63, 3.8) is 0 Å². The van der Waals surface area contributed by atoms with E-state index in [1.165, 1.54) is 6.92 Å². The monoisotopic (exact) mass is 367 g/mol. The number of nitrogens with zero attached hydrogens (tertiary/aromatic N) is 1. The summed E-state index contributed by atoms with van der Waals surface area (Å²) >= 11 is 0. The maximum Gasteiger partial charge on any atom is 0.255 e. The third kappa shape index (κ3) is 4.52. The van der Waals surface area contributed by atoms with E-state index in [4.69, 9.17) is 0 Å². The van der Waals surface area contributed by atoms with Crippen LogP contribution in [-0.4, -0.2) is 16.8 Å². The summed E-state index contributed by atoms with van der Waals surface area (Å²) in [5.74, 6) is -2.28. The van der Waals surface area contributed by atoms with Gasteiger partial charge in [0.2, 0.25) is 5.91 Å². The minimum Gasteiger partial charge on any atom is -0.324 e. The van der Waals surface area contributed by atoms with E-state index < -0.39 is 17.5 Å². The first kappa shape index (κ1) is 18.2. The van der Waals surface area contributed by atoms with Gasteiger partial charge in [0.15, 0.2) is 0 Å². The molecule has 0 aliphatic heterocycles. The van der Waals surface area contributed by atoms with E-state index in [0.29, 0.717) is 22.5 Å². The van der Waals surface area contributed by atoms with Crippen molar-refractivity contribution in [2.24, 2.45) is 0 Å². The highest BCUT2D eigenvalue weighted by atomic mass is 19.1. The molecule has 5 nitrogen and oxygen atoms in total. The molecule has 0 atom stereocenters. The Bertz CT molecular complexity index is 984. The van der Waals surface area contributed by atoms with Gasteiger partial charge in [-0.3, -0.25) is 14.6 Å². The third-order valence-electron chi connectivity index (χ3n) is 3.66.